The van der Waals surface area contributed by atoms with Crippen LogP contribution in [0.3, 0.4) is 0 Å². The van der Waals surface area contributed by atoms with Crippen molar-refractivity contribution in [1.82, 2.24) is 0 Å². The van der Waals surface area contributed by atoms with Gasteiger partial charge in [0.15, 0.2) is 5.41 Å². The second kappa shape index (κ2) is 7.61. The highest BCUT2D eigenvalue weighted by Gasteiger charge is 2.50. The Balaban J connectivity index is 5.34. The van der Waals surface area contributed by atoms with Crippen molar-refractivity contribution >= 4 is 21.8 Å². The van der Waals surface area contributed by atoms with Crippen LogP contribution in [0.5, 0.6) is 0 Å². The first-order valence-corrected chi connectivity index (χ1v) is 8.57. The molecule has 0 heterocycles. The maximum atomic E-state index is 12.0. The second-order valence-electron chi connectivity index (χ2n) is 5.05. The quantitative estimate of drug-likeness (QED) is 0.512. The molecule has 0 radical (unpaired) electrons. The van der Waals surface area contributed by atoms with Crippen molar-refractivity contribution in [2.75, 3.05) is 18.1 Å². The molecule has 0 rings (SSSR count). The molecule has 0 saturated carbocycles. The van der Waals surface area contributed by atoms with Gasteiger partial charge in [0, 0.05) is 5.75 Å². The standard InChI is InChI=1S/C13H24O6S/c1-5-8-20(17,18)9-7-13(10(3)4,11(14)15)12(16)19-6-2/h10H,5-9H2,1-4H3,(H,14,15). The molecule has 0 spiro atoms. The molecule has 1 N–H and O–H groups in total. The smallest absolute Gasteiger partial charge is 0.323 e. The molecule has 0 fully saturated rings. The third kappa shape index (κ3) is 4.47. The van der Waals surface area contributed by atoms with Crippen molar-refractivity contribution in [1.29, 1.82) is 0 Å². The summed E-state index contributed by atoms with van der Waals surface area (Å²) in [5.74, 6) is -3.10. The highest BCUT2D eigenvalue weighted by Crippen LogP contribution is 2.34. The Bertz CT molecular complexity index is 440. The average Bonchev–Trinajstić information content (AvgIpc) is 2.28. The number of carbonyl (C=O) groups excluding carboxylic acids is 1. The number of hydrogen-bond acceptors (Lipinski definition) is 5. The van der Waals surface area contributed by atoms with Gasteiger partial charge >= 0.3 is 11.9 Å². The highest BCUT2D eigenvalue weighted by molar-refractivity contribution is 7.91. The Hall–Kier alpha value is -1.11. The normalized spacial score (nSPS) is 14.8. The van der Waals surface area contributed by atoms with Gasteiger partial charge in [0.25, 0.3) is 0 Å². The van der Waals surface area contributed by atoms with Gasteiger partial charge in [-0.2, -0.15) is 0 Å². The summed E-state index contributed by atoms with van der Waals surface area (Å²) >= 11 is 0. The van der Waals surface area contributed by atoms with E-state index in [1.807, 2.05) is 0 Å². The largest absolute Gasteiger partial charge is 0.480 e. The van der Waals surface area contributed by atoms with Gasteiger partial charge in [-0.05, 0) is 25.7 Å². The minimum Gasteiger partial charge on any atom is -0.480 e. The number of carboxylic acid groups (broad SMARTS) is 1. The highest BCUT2D eigenvalue weighted by atomic mass is 32.2. The fraction of sp³-hybridized carbons (Fsp3) is 0.846. The van der Waals surface area contributed by atoms with Crippen LogP contribution in [0.2, 0.25) is 0 Å². The van der Waals surface area contributed by atoms with E-state index in [9.17, 15) is 23.1 Å². The van der Waals surface area contributed by atoms with Crippen LogP contribution in [-0.2, 0) is 24.2 Å². The van der Waals surface area contributed by atoms with Crippen molar-refractivity contribution in [3.8, 4) is 0 Å². The number of carbonyl (C=O) groups is 2. The third-order valence-electron chi connectivity index (χ3n) is 3.33. The van der Waals surface area contributed by atoms with E-state index < -0.39 is 33.1 Å². The van der Waals surface area contributed by atoms with Crippen molar-refractivity contribution < 1.29 is 27.9 Å². The molecule has 0 aromatic heterocycles. The van der Waals surface area contributed by atoms with Crippen molar-refractivity contribution in [2.24, 2.45) is 11.3 Å². The zero-order chi connectivity index (χ0) is 16.0. The average molecular weight is 308 g/mol. The van der Waals surface area contributed by atoms with Crippen LogP contribution in [0.25, 0.3) is 0 Å². The number of aliphatic carboxylic acids is 1. The summed E-state index contributed by atoms with van der Waals surface area (Å²) in [6.45, 7) is 6.53. The monoisotopic (exact) mass is 308 g/mol. The molecule has 6 nitrogen and oxygen atoms in total. The van der Waals surface area contributed by atoms with Crippen molar-refractivity contribution in [2.45, 2.75) is 40.5 Å². The van der Waals surface area contributed by atoms with Crippen LogP contribution in [-0.4, -0.2) is 43.6 Å². The Kier molecular flexibility index (Phi) is 7.19. The summed E-state index contributed by atoms with van der Waals surface area (Å²) in [6.07, 6.45) is 0.199. The van der Waals surface area contributed by atoms with E-state index in [1.54, 1.807) is 27.7 Å². The first-order chi connectivity index (χ1) is 9.14. The molecule has 0 saturated heterocycles. The minimum atomic E-state index is -3.35. The van der Waals surface area contributed by atoms with Gasteiger partial charge in [-0.25, -0.2) is 8.42 Å². The predicted octanol–water partition coefficient (Wildman–Crippen LogP) is 1.49. The maximum Gasteiger partial charge on any atom is 0.323 e. The molecule has 0 aliphatic carbocycles. The molecule has 0 bridgehead atoms. The molecule has 20 heavy (non-hydrogen) atoms. The number of ether oxygens (including phenoxy) is 1. The van der Waals surface area contributed by atoms with Crippen LogP contribution in [0.4, 0.5) is 0 Å². The lowest BCUT2D eigenvalue weighted by Gasteiger charge is -2.30. The maximum absolute atomic E-state index is 12.0. The summed E-state index contributed by atoms with van der Waals surface area (Å²) < 4.78 is 28.4. The van der Waals surface area contributed by atoms with Crippen LogP contribution >= 0.6 is 0 Å². The fourth-order valence-electron chi connectivity index (χ4n) is 2.06. The molecule has 0 amide bonds. The van der Waals surface area contributed by atoms with Gasteiger partial charge < -0.3 is 9.84 Å². The van der Waals surface area contributed by atoms with Crippen molar-refractivity contribution in [3.05, 3.63) is 0 Å². The summed E-state index contributed by atoms with van der Waals surface area (Å²) in [5.41, 5.74) is -1.81. The van der Waals surface area contributed by atoms with Gasteiger partial charge in [0.05, 0.1) is 12.4 Å². The Morgan fingerprint density at radius 1 is 1.20 bits per heavy atom. The Morgan fingerprint density at radius 2 is 1.75 bits per heavy atom. The van der Waals surface area contributed by atoms with Gasteiger partial charge in [0.2, 0.25) is 0 Å². The second-order valence-corrected chi connectivity index (χ2v) is 7.36. The fourth-order valence-corrected chi connectivity index (χ4v) is 3.52. The van der Waals surface area contributed by atoms with Crippen LogP contribution in [0.15, 0.2) is 0 Å². The Morgan fingerprint density at radius 3 is 2.10 bits per heavy atom. The first-order valence-electron chi connectivity index (χ1n) is 6.75. The van der Waals surface area contributed by atoms with E-state index in [0.29, 0.717) is 6.42 Å². The molecule has 0 aromatic carbocycles. The summed E-state index contributed by atoms with van der Waals surface area (Å²) in [4.78, 5) is 23.6. The Labute approximate surface area is 120 Å². The molecule has 0 aromatic rings. The molecule has 0 aliphatic rings. The first kappa shape index (κ1) is 18.9. The number of esters is 1. The van der Waals surface area contributed by atoms with Crippen molar-refractivity contribution in [3.63, 3.8) is 0 Å². The summed E-state index contributed by atoms with van der Waals surface area (Å²) in [7, 11) is -3.35. The van der Waals surface area contributed by atoms with E-state index in [4.69, 9.17) is 4.74 Å². The molecule has 118 valence electrons. The van der Waals surface area contributed by atoms with Gasteiger partial charge in [-0.15, -0.1) is 0 Å². The zero-order valence-electron chi connectivity index (χ0n) is 12.5. The predicted molar refractivity (Wildman–Crippen MR) is 75.1 cm³/mol. The lowest BCUT2D eigenvalue weighted by atomic mass is 9.75. The molecule has 7 heteroatoms. The third-order valence-corrected chi connectivity index (χ3v) is 5.19. The van der Waals surface area contributed by atoms with Gasteiger partial charge in [-0.1, -0.05) is 20.8 Å². The number of rotatable bonds is 9. The number of carboxylic acids is 1. The van der Waals surface area contributed by atoms with E-state index >= 15 is 0 Å². The lowest BCUT2D eigenvalue weighted by molar-refractivity contribution is -0.172. The molecular weight excluding hydrogens is 284 g/mol. The summed E-state index contributed by atoms with van der Waals surface area (Å²) in [6, 6.07) is 0. The van der Waals surface area contributed by atoms with Gasteiger partial charge in [-0.3, -0.25) is 9.59 Å². The zero-order valence-corrected chi connectivity index (χ0v) is 13.3. The topological polar surface area (TPSA) is 97.7 Å². The van der Waals surface area contributed by atoms with Crippen LogP contribution < -0.4 is 0 Å². The van der Waals surface area contributed by atoms with E-state index in [-0.39, 0.29) is 24.5 Å². The molecular formula is C13H24O6S. The summed E-state index contributed by atoms with van der Waals surface area (Å²) in [5, 5.41) is 9.42. The molecule has 1 atom stereocenters. The number of sulfone groups is 1. The lowest BCUT2D eigenvalue weighted by Crippen LogP contribution is -2.46. The number of hydrogen-bond donors (Lipinski definition) is 1. The SMILES string of the molecule is CCCS(=O)(=O)CCC(C(=O)O)(C(=O)OCC)C(C)C. The van der Waals surface area contributed by atoms with E-state index in [0.717, 1.165) is 0 Å². The minimum absolute atomic E-state index is 0.0103. The van der Waals surface area contributed by atoms with E-state index in [1.165, 1.54) is 0 Å². The van der Waals surface area contributed by atoms with Gasteiger partial charge in [0.1, 0.15) is 9.84 Å². The van der Waals surface area contributed by atoms with Crippen LogP contribution in [0, 0.1) is 11.3 Å². The van der Waals surface area contributed by atoms with E-state index in [2.05, 4.69) is 0 Å². The molecule has 1 unspecified atom stereocenters. The molecule has 0 aliphatic heterocycles. The van der Waals surface area contributed by atoms with Crippen LogP contribution in [0.1, 0.15) is 40.5 Å².